The molecule has 45 heavy (non-hydrogen) atoms. The molecule has 1 aliphatic heterocycles. The van der Waals surface area contributed by atoms with E-state index in [0.717, 1.165) is 15.9 Å². The summed E-state index contributed by atoms with van der Waals surface area (Å²) in [5.41, 5.74) is 0.499. The average Bonchev–Trinajstić information content (AvgIpc) is 3.40. The van der Waals surface area contributed by atoms with Gasteiger partial charge < -0.3 is 5.32 Å². The van der Waals surface area contributed by atoms with Crippen molar-refractivity contribution in [3.05, 3.63) is 95.0 Å². The molecule has 0 unspecified atom stereocenters. The number of rotatable bonds is 7. The van der Waals surface area contributed by atoms with Gasteiger partial charge in [-0.25, -0.2) is 18.2 Å². The van der Waals surface area contributed by atoms with Crippen LogP contribution in [0, 0.1) is 17.1 Å². The van der Waals surface area contributed by atoms with Crippen LogP contribution in [0.4, 0.5) is 24.7 Å². The van der Waals surface area contributed by atoms with E-state index < -0.39 is 60.4 Å². The number of nitrogens with zero attached hydrogens (tertiary/aromatic N) is 5. The first kappa shape index (κ1) is 30.0. The summed E-state index contributed by atoms with van der Waals surface area (Å²) in [7, 11) is 0. The number of halogens is 4. The number of nitrogens with one attached hydrogen (secondary N) is 1. The van der Waals surface area contributed by atoms with E-state index >= 15 is 4.39 Å². The number of amides is 3. The summed E-state index contributed by atoms with van der Waals surface area (Å²) in [5, 5.41) is 12.4. The van der Waals surface area contributed by atoms with Crippen molar-refractivity contribution < 1.29 is 27.6 Å². The Morgan fingerprint density at radius 3 is 2.60 bits per heavy atom. The Morgan fingerprint density at radius 2 is 1.87 bits per heavy atom. The molecule has 3 heterocycles. The van der Waals surface area contributed by atoms with Crippen molar-refractivity contribution in [2.75, 3.05) is 9.80 Å². The van der Waals surface area contributed by atoms with Crippen LogP contribution in [-0.4, -0.2) is 45.7 Å². The lowest BCUT2D eigenvalue weighted by molar-refractivity contribution is -0.133. The normalized spacial score (nSPS) is 18.2. The highest BCUT2D eigenvalue weighted by Gasteiger charge is 2.49. The number of fused-ring (bicyclic) bond motifs is 1. The maximum absolute atomic E-state index is 15.2. The molecule has 1 saturated carbocycles. The molecule has 6 rings (SSSR count). The van der Waals surface area contributed by atoms with Crippen molar-refractivity contribution in [3.63, 3.8) is 0 Å². The molecule has 0 bridgehead atoms. The Bertz CT molecular complexity index is 1870. The van der Waals surface area contributed by atoms with E-state index in [0.29, 0.717) is 5.39 Å². The number of aromatic nitrogens is 2. The lowest BCUT2D eigenvalue weighted by Crippen LogP contribution is -2.56. The van der Waals surface area contributed by atoms with Crippen molar-refractivity contribution in [2.24, 2.45) is 0 Å². The molecule has 2 aliphatic rings. The molecule has 1 saturated heterocycles. The van der Waals surface area contributed by atoms with Gasteiger partial charge in [-0.2, -0.15) is 5.26 Å². The van der Waals surface area contributed by atoms with Crippen molar-refractivity contribution in [1.29, 1.82) is 5.26 Å². The van der Waals surface area contributed by atoms with Gasteiger partial charge in [-0.15, -0.1) is 0 Å². The summed E-state index contributed by atoms with van der Waals surface area (Å²) in [6.07, 6.45) is 1.58. The van der Waals surface area contributed by atoms with E-state index in [2.05, 4.69) is 15.3 Å². The van der Waals surface area contributed by atoms with Crippen molar-refractivity contribution in [3.8, 4) is 6.07 Å². The Kier molecular flexibility index (Phi) is 7.88. The first-order valence-electron chi connectivity index (χ1n) is 14.0. The number of carbonyl (C=O) groups excluding carboxylic acids is 3. The molecule has 0 spiro atoms. The summed E-state index contributed by atoms with van der Waals surface area (Å²) in [5.74, 6) is -5.69. The van der Waals surface area contributed by atoms with Gasteiger partial charge in [0, 0.05) is 59.7 Å². The second kappa shape index (κ2) is 11.8. The summed E-state index contributed by atoms with van der Waals surface area (Å²) < 4.78 is 42.7. The summed E-state index contributed by atoms with van der Waals surface area (Å²) in [6.45, 7) is 0. The van der Waals surface area contributed by atoms with Crippen LogP contribution < -0.4 is 15.1 Å². The predicted molar refractivity (Wildman–Crippen MR) is 159 cm³/mol. The highest BCUT2D eigenvalue weighted by Crippen LogP contribution is 2.41. The maximum Gasteiger partial charge on any atom is 0.252 e. The van der Waals surface area contributed by atoms with Crippen molar-refractivity contribution in [2.45, 2.75) is 49.7 Å². The average molecular weight is 633 g/mol. The number of hydrogen-bond acceptors (Lipinski definition) is 6. The highest BCUT2D eigenvalue weighted by molar-refractivity contribution is 6.32. The van der Waals surface area contributed by atoms with E-state index in [1.165, 1.54) is 42.7 Å². The largest absolute Gasteiger partial charge is 0.351 e. The molecule has 4 aromatic rings. The lowest BCUT2D eigenvalue weighted by atomic mass is 9.87. The third-order valence-corrected chi connectivity index (χ3v) is 8.27. The quantitative estimate of drug-likeness (QED) is 0.288. The topological polar surface area (TPSA) is 119 Å². The maximum atomic E-state index is 15.2. The van der Waals surface area contributed by atoms with Gasteiger partial charge in [0.1, 0.15) is 23.7 Å². The first-order chi connectivity index (χ1) is 21.6. The molecule has 3 amide bonds. The van der Waals surface area contributed by atoms with Crippen LogP contribution in [0.1, 0.15) is 42.9 Å². The number of anilines is 2. The zero-order valence-electron chi connectivity index (χ0n) is 23.5. The molecule has 2 aromatic heterocycles. The van der Waals surface area contributed by atoms with E-state index in [9.17, 15) is 28.4 Å². The highest BCUT2D eigenvalue weighted by atomic mass is 35.5. The minimum Gasteiger partial charge on any atom is -0.351 e. The van der Waals surface area contributed by atoms with Gasteiger partial charge in [0.15, 0.2) is 0 Å². The van der Waals surface area contributed by atoms with Crippen molar-refractivity contribution >= 4 is 51.7 Å². The number of nitriles is 1. The lowest BCUT2D eigenvalue weighted by Gasteiger charge is -2.39. The Hall–Kier alpha value is -5.02. The monoisotopic (exact) mass is 632 g/mol. The minimum absolute atomic E-state index is 0.0177. The minimum atomic E-state index is -2.94. The van der Waals surface area contributed by atoms with Crippen LogP contribution >= 0.6 is 11.6 Å². The fourth-order valence-corrected chi connectivity index (χ4v) is 6.08. The van der Waals surface area contributed by atoms with Crippen LogP contribution in [0.25, 0.3) is 10.9 Å². The van der Waals surface area contributed by atoms with Crippen LogP contribution in [0.15, 0.2) is 73.1 Å². The SMILES string of the molecule is N#Cc1ccnc(N2C(=O)CC[C@H]2C(=O)N(c2cc(F)cc3ncccc23)[C@H](C(=O)NC2CC(F)(F)C2)c2ccccc2Cl)c1. The predicted octanol–water partition coefficient (Wildman–Crippen LogP) is 5.48. The zero-order valence-corrected chi connectivity index (χ0v) is 24.2. The smallest absolute Gasteiger partial charge is 0.252 e. The molecular weight excluding hydrogens is 609 g/mol. The van der Waals surface area contributed by atoms with Crippen molar-refractivity contribution in [1.82, 2.24) is 15.3 Å². The van der Waals surface area contributed by atoms with E-state index in [-0.39, 0.29) is 46.0 Å². The second-order valence-corrected chi connectivity index (χ2v) is 11.3. The van der Waals surface area contributed by atoms with E-state index in [4.69, 9.17) is 11.6 Å². The summed E-state index contributed by atoms with van der Waals surface area (Å²) >= 11 is 6.59. The Morgan fingerprint density at radius 1 is 1.09 bits per heavy atom. The Balaban J connectivity index is 1.53. The molecule has 13 heteroatoms. The third kappa shape index (κ3) is 5.79. The van der Waals surface area contributed by atoms with Gasteiger partial charge in [-0.1, -0.05) is 29.8 Å². The van der Waals surface area contributed by atoms with Gasteiger partial charge in [-0.05, 0) is 42.8 Å². The molecule has 2 aromatic carbocycles. The second-order valence-electron chi connectivity index (χ2n) is 10.9. The molecule has 0 radical (unpaired) electrons. The third-order valence-electron chi connectivity index (χ3n) is 7.92. The van der Waals surface area contributed by atoms with Gasteiger partial charge >= 0.3 is 0 Å². The number of alkyl halides is 2. The van der Waals surface area contributed by atoms with Crippen LogP contribution in [0.2, 0.25) is 5.02 Å². The number of benzene rings is 2. The van der Waals surface area contributed by atoms with E-state index in [1.54, 1.807) is 24.3 Å². The van der Waals surface area contributed by atoms with Gasteiger partial charge in [0.2, 0.25) is 11.8 Å². The standard InChI is InChI=1S/C32H24ClF3N6O3/c33-23-6-2-1-4-21(23)29(30(44)40-20-15-32(35,36)16-20)42(26-14-19(34)13-24-22(26)5-3-10-38-24)31(45)25-7-8-28(43)41(25)27-12-18(17-37)9-11-39-27/h1-6,9-14,20,25,29H,7-8,15-16H2,(H,40,44)/t25-,29-/m0/s1. The first-order valence-corrected chi connectivity index (χ1v) is 14.4. The van der Waals surface area contributed by atoms with Crippen LogP contribution in [-0.2, 0) is 14.4 Å². The number of hydrogen-bond donors (Lipinski definition) is 1. The number of carbonyl (C=O) groups is 3. The Labute approximate surface area is 260 Å². The van der Waals surface area contributed by atoms with E-state index in [1.807, 2.05) is 6.07 Å². The molecule has 228 valence electrons. The molecule has 2 fully saturated rings. The van der Waals surface area contributed by atoms with Gasteiger partial charge in [0.25, 0.3) is 11.8 Å². The fraction of sp³-hybridized carbons (Fsp3) is 0.250. The zero-order chi connectivity index (χ0) is 31.9. The summed E-state index contributed by atoms with van der Waals surface area (Å²) in [6, 6.07) is 12.8. The van der Waals surface area contributed by atoms with Gasteiger partial charge in [-0.3, -0.25) is 29.2 Å². The molecule has 1 N–H and O–H groups in total. The molecule has 1 aliphatic carbocycles. The molecular formula is C32H24ClF3N6O3. The van der Waals surface area contributed by atoms with Gasteiger partial charge in [0.05, 0.1) is 22.8 Å². The molecule has 2 atom stereocenters. The summed E-state index contributed by atoms with van der Waals surface area (Å²) in [4.78, 5) is 52.8. The van der Waals surface area contributed by atoms with Crippen LogP contribution in [0.5, 0.6) is 0 Å². The van der Waals surface area contributed by atoms with Crippen LogP contribution in [0.3, 0.4) is 0 Å². The fourth-order valence-electron chi connectivity index (χ4n) is 5.84. The number of pyridine rings is 2. The molecule has 9 nitrogen and oxygen atoms in total.